The second kappa shape index (κ2) is 5.15. The van der Waals surface area contributed by atoms with Gasteiger partial charge in [0.15, 0.2) is 0 Å². The van der Waals surface area contributed by atoms with Crippen molar-refractivity contribution in [3.8, 4) is 5.75 Å². The molecule has 1 atom stereocenters. The average Bonchev–Trinajstić information content (AvgIpc) is 2.68. The summed E-state index contributed by atoms with van der Waals surface area (Å²) in [5.41, 5.74) is 1.23. The minimum absolute atomic E-state index is 0.255. The molecule has 2 rings (SSSR count). The molecule has 1 aromatic carbocycles. The summed E-state index contributed by atoms with van der Waals surface area (Å²) in [7, 11) is 0. The Labute approximate surface area is 96.6 Å². The van der Waals surface area contributed by atoms with Gasteiger partial charge in [-0.1, -0.05) is 17.7 Å². The third kappa shape index (κ3) is 2.84. The number of hydrogen-bond donors (Lipinski definition) is 0. The Kier molecular flexibility index (Phi) is 3.60. The molecule has 0 N–H and O–H groups in total. The fourth-order valence-corrected chi connectivity index (χ4v) is 2.15. The summed E-state index contributed by atoms with van der Waals surface area (Å²) in [6.07, 6.45) is 3.76. The maximum absolute atomic E-state index is 11.4. The van der Waals surface area contributed by atoms with Crippen LogP contribution < -0.4 is 4.74 Å². The number of carbonyl (C=O) groups is 1. The Hall–Kier alpha value is -1.31. The predicted octanol–water partition coefficient (Wildman–Crippen LogP) is 3.13. The second-order valence-electron chi connectivity index (χ2n) is 4.51. The first kappa shape index (κ1) is 11.2. The van der Waals surface area contributed by atoms with Gasteiger partial charge in [-0.3, -0.25) is 4.79 Å². The van der Waals surface area contributed by atoms with E-state index in [1.807, 2.05) is 24.3 Å². The zero-order valence-electron chi connectivity index (χ0n) is 9.74. The lowest BCUT2D eigenvalue weighted by atomic mass is 10.0. The van der Waals surface area contributed by atoms with Gasteiger partial charge in [-0.25, -0.2) is 0 Å². The molecule has 0 radical (unpaired) electrons. The zero-order valence-corrected chi connectivity index (χ0v) is 9.74. The van der Waals surface area contributed by atoms with Crippen molar-refractivity contribution in [2.24, 2.45) is 5.92 Å². The highest BCUT2D eigenvalue weighted by atomic mass is 16.5. The summed E-state index contributed by atoms with van der Waals surface area (Å²) in [5, 5.41) is 0. The molecule has 1 saturated carbocycles. The molecule has 0 saturated heterocycles. The number of ether oxygens (including phenoxy) is 1. The van der Waals surface area contributed by atoms with Crippen LogP contribution in [0.4, 0.5) is 0 Å². The molecule has 1 fully saturated rings. The molecule has 86 valence electrons. The van der Waals surface area contributed by atoms with E-state index < -0.39 is 0 Å². The Bertz CT molecular complexity index is 354. The van der Waals surface area contributed by atoms with Crippen LogP contribution in [0.1, 0.15) is 31.2 Å². The second-order valence-corrected chi connectivity index (χ2v) is 4.51. The smallest absolute Gasteiger partial charge is 0.136 e. The number of hydrogen-bond acceptors (Lipinski definition) is 2. The van der Waals surface area contributed by atoms with Crippen LogP contribution in [0.5, 0.6) is 5.75 Å². The van der Waals surface area contributed by atoms with Crippen molar-refractivity contribution in [2.45, 2.75) is 32.6 Å². The minimum atomic E-state index is 0.255. The molecule has 1 aromatic rings. The largest absolute Gasteiger partial charge is 0.494 e. The lowest BCUT2D eigenvalue weighted by Gasteiger charge is -2.09. The molecule has 1 aliphatic carbocycles. The highest BCUT2D eigenvalue weighted by Gasteiger charge is 2.23. The molecule has 0 aliphatic heterocycles. The molecule has 2 heteroatoms. The maximum Gasteiger partial charge on any atom is 0.136 e. The first-order valence-electron chi connectivity index (χ1n) is 5.98. The summed E-state index contributed by atoms with van der Waals surface area (Å²) in [5.74, 6) is 1.58. The van der Waals surface area contributed by atoms with Crippen molar-refractivity contribution < 1.29 is 9.53 Å². The van der Waals surface area contributed by atoms with Crippen LogP contribution in [0.15, 0.2) is 24.3 Å². The average molecular weight is 218 g/mol. The van der Waals surface area contributed by atoms with Gasteiger partial charge >= 0.3 is 0 Å². The first-order valence-corrected chi connectivity index (χ1v) is 5.98. The van der Waals surface area contributed by atoms with E-state index in [1.54, 1.807) is 0 Å². The lowest BCUT2D eigenvalue weighted by Crippen LogP contribution is -2.11. The van der Waals surface area contributed by atoms with Crippen LogP contribution in [0.25, 0.3) is 0 Å². The fraction of sp³-hybridized carbons (Fsp3) is 0.500. The van der Waals surface area contributed by atoms with Gasteiger partial charge in [-0.2, -0.15) is 0 Å². The summed E-state index contributed by atoms with van der Waals surface area (Å²) >= 11 is 0. The van der Waals surface area contributed by atoms with Crippen molar-refractivity contribution >= 4 is 5.78 Å². The van der Waals surface area contributed by atoms with E-state index in [0.717, 1.165) is 31.4 Å². The molecule has 1 aliphatic rings. The quantitative estimate of drug-likeness (QED) is 0.776. The van der Waals surface area contributed by atoms with E-state index in [2.05, 4.69) is 6.92 Å². The summed E-state index contributed by atoms with van der Waals surface area (Å²) < 4.78 is 5.62. The monoisotopic (exact) mass is 218 g/mol. The summed E-state index contributed by atoms with van der Waals surface area (Å²) in [4.78, 5) is 11.4. The molecular formula is C14H18O2. The Morgan fingerprint density at radius 2 is 2.06 bits per heavy atom. The third-order valence-electron chi connectivity index (χ3n) is 3.19. The molecule has 0 heterocycles. The molecule has 0 aromatic heterocycles. The van der Waals surface area contributed by atoms with Crippen molar-refractivity contribution in [1.29, 1.82) is 0 Å². The van der Waals surface area contributed by atoms with Crippen molar-refractivity contribution in [3.05, 3.63) is 29.8 Å². The first-order chi connectivity index (χ1) is 7.75. The van der Waals surface area contributed by atoms with Gasteiger partial charge in [0.25, 0.3) is 0 Å². The number of ketones is 1. The number of rotatable bonds is 4. The van der Waals surface area contributed by atoms with E-state index in [0.29, 0.717) is 12.4 Å². The fourth-order valence-electron chi connectivity index (χ4n) is 2.15. The SMILES string of the molecule is Cc1ccc(OCCC2CCCC2=O)cc1. The number of benzene rings is 1. The van der Waals surface area contributed by atoms with Crippen LogP contribution in [0.2, 0.25) is 0 Å². The van der Waals surface area contributed by atoms with Gasteiger partial charge in [0.1, 0.15) is 11.5 Å². The van der Waals surface area contributed by atoms with E-state index in [9.17, 15) is 4.79 Å². The van der Waals surface area contributed by atoms with Crippen molar-refractivity contribution in [1.82, 2.24) is 0 Å². The Balaban J connectivity index is 1.75. The highest BCUT2D eigenvalue weighted by Crippen LogP contribution is 2.24. The van der Waals surface area contributed by atoms with Gasteiger partial charge in [-0.15, -0.1) is 0 Å². The molecular weight excluding hydrogens is 200 g/mol. The molecule has 1 unspecified atom stereocenters. The third-order valence-corrected chi connectivity index (χ3v) is 3.19. The maximum atomic E-state index is 11.4. The summed E-state index contributed by atoms with van der Waals surface area (Å²) in [6.45, 7) is 2.71. The van der Waals surface area contributed by atoms with E-state index in [4.69, 9.17) is 4.74 Å². The van der Waals surface area contributed by atoms with Crippen LogP contribution in [-0.4, -0.2) is 12.4 Å². The van der Waals surface area contributed by atoms with Gasteiger partial charge in [0.2, 0.25) is 0 Å². The molecule has 16 heavy (non-hydrogen) atoms. The molecule has 0 amide bonds. The van der Waals surface area contributed by atoms with Gasteiger partial charge < -0.3 is 4.74 Å². The molecule has 2 nitrogen and oxygen atoms in total. The van der Waals surface area contributed by atoms with Crippen molar-refractivity contribution in [2.75, 3.05) is 6.61 Å². The minimum Gasteiger partial charge on any atom is -0.494 e. The van der Waals surface area contributed by atoms with Crippen LogP contribution in [0, 0.1) is 12.8 Å². The Morgan fingerprint density at radius 1 is 1.31 bits per heavy atom. The number of aryl methyl sites for hydroxylation is 1. The van der Waals surface area contributed by atoms with E-state index in [-0.39, 0.29) is 5.92 Å². The Morgan fingerprint density at radius 3 is 2.69 bits per heavy atom. The number of carbonyl (C=O) groups excluding carboxylic acids is 1. The summed E-state index contributed by atoms with van der Waals surface area (Å²) in [6, 6.07) is 8.03. The van der Waals surface area contributed by atoms with Gasteiger partial charge in [-0.05, 0) is 38.3 Å². The lowest BCUT2D eigenvalue weighted by molar-refractivity contribution is -0.121. The predicted molar refractivity (Wildman–Crippen MR) is 63.6 cm³/mol. The standard InChI is InChI=1S/C14H18O2/c1-11-5-7-13(8-6-11)16-10-9-12-3-2-4-14(12)15/h5-8,12H,2-4,9-10H2,1H3. The van der Waals surface area contributed by atoms with Gasteiger partial charge in [0, 0.05) is 12.3 Å². The number of Topliss-reactive ketones (excluding diaryl/α,β-unsaturated/α-hetero) is 1. The van der Waals surface area contributed by atoms with E-state index in [1.165, 1.54) is 5.56 Å². The van der Waals surface area contributed by atoms with E-state index >= 15 is 0 Å². The van der Waals surface area contributed by atoms with Crippen LogP contribution >= 0.6 is 0 Å². The molecule has 0 bridgehead atoms. The zero-order chi connectivity index (χ0) is 11.4. The van der Waals surface area contributed by atoms with Crippen LogP contribution in [0.3, 0.4) is 0 Å². The van der Waals surface area contributed by atoms with Gasteiger partial charge in [0.05, 0.1) is 6.61 Å². The highest BCUT2D eigenvalue weighted by molar-refractivity contribution is 5.82. The topological polar surface area (TPSA) is 26.3 Å². The van der Waals surface area contributed by atoms with Crippen LogP contribution in [-0.2, 0) is 4.79 Å². The normalized spacial score (nSPS) is 20.1. The molecule has 0 spiro atoms. The van der Waals surface area contributed by atoms with Crippen molar-refractivity contribution in [3.63, 3.8) is 0 Å².